The molecule has 0 aromatic carbocycles. The smallest absolute Gasteiger partial charge is 0.243 e. The monoisotopic (exact) mass is 391 g/mol. The Morgan fingerprint density at radius 1 is 1.07 bits per heavy atom. The molecule has 0 rings (SSSR count). The number of ketones is 1. The Morgan fingerprint density at radius 3 is 2.25 bits per heavy atom. The van der Waals surface area contributed by atoms with Crippen molar-refractivity contribution in [2.24, 2.45) is 0 Å². The molecule has 158 valence electrons. The van der Waals surface area contributed by atoms with Crippen LogP contribution in [0.4, 0.5) is 0 Å². The molecule has 0 aromatic rings. The first kappa shape index (κ1) is 25.8. The van der Waals surface area contributed by atoms with Crippen LogP contribution in [0.3, 0.4) is 0 Å². The number of hydrogen-bond acceptors (Lipinski definition) is 4. The summed E-state index contributed by atoms with van der Waals surface area (Å²) in [6.45, 7) is 11.6. The minimum atomic E-state index is -0.781. The quantitative estimate of drug-likeness (QED) is 0.397. The molecule has 0 saturated heterocycles. The number of hydrogen-bond donors (Lipinski definition) is 3. The minimum absolute atomic E-state index is 0.0902. The highest BCUT2D eigenvalue weighted by molar-refractivity contribution is 5.92. The van der Waals surface area contributed by atoms with E-state index in [0.717, 1.165) is 30.4 Å². The van der Waals surface area contributed by atoms with E-state index < -0.39 is 12.1 Å². The molecule has 0 spiro atoms. The fourth-order valence-electron chi connectivity index (χ4n) is 2.84. The Hall–Kier alpha value is -2.21. The summed E-state index contributed by atoms with van der Waals surface area (Å²) < 4.78 is 0. The number of amides is 2. The molecular weight excluding hydrogens is 354 g/mol. The Bertz CT molecular complexity index is 594. The predicted octanol–water partition coefficient (Wildman–Crippen LogP) is 2.81. The van der Waals surface area contributed by atoms with Gasteiger partial charge in [-0.05, 0) is 39.3 Å². The fraction of sp³-hybridized carbons (Fsp3) is 0.591. The largest absolute Gasteiger partial charge is 0.345 e. The van der Waals surface area contributed by atoms with Gasteiger partial charge in [-0.2, -0.15) is 0 Å². The van der Waals surface area contributed by atoms with E-state index in [1.807, 2.05) is 32.1 Å². The Balaban J connectivity index is 5.36. The molecule has 0 fully saturated rings. The van der Waals surface area contributed by atoms with Gasteiger partial charge in [0.25, 0.3) is 0 Å². The van der Waals surface area contributed by atoms with Crippen molar-refractivity contribution in [2.75, 3.05) is 13.6 Å². The number of allylic oxidation sites excluding steroid dienone is 4. The van der Waals surface area contributed by atoms with Gasteiger partial charge in [-0.1, -0.05) is 57.1 Å². The van der Waals surface area contributed by atoms with Gasteiger partial charge in [-0.25, -0.2) is 0 Å². The number of rotatable bonds is 14. The number of carbonyl (C=O) groups excluding carboxylic acids is 3. The van der Waals surface area contributed by atoms with Crippen LogP contribution in [-0.4, -0.2) is 43.3 Å². The van der Waals surface area contributed by atoms with Crippen molar-refractivity contribution in [3.63, 3.8) is 0 Å². The van der Waals surface area contributed by atoms with Gasteiger partial charge in [0.15, 0.2) is 5.78 Å². The van der Waals surface area contributed by atoms with Crippen LogP contribution < -0.4 is 16.0 Å². The van der Waals surface area contributed by atoms with Crippen molar-refractivity contribution >= 4 is 17.6 Å². The van der Waals surface area contributed by atoms with Gasteiger partial charge in [0.2, 0.25) is 11.8 Å². The molecule has 0 saturated carbocycles. The molecule has 0 aliphatic carbocycles. The van der Waals surface area contributed by atoms with E-state index in [-0.39, 0.29) is 30.6 Å². The summed E-state index contributed by atoms with van der Waals surface area (Å²) in [5, 5.41) is 8.28. The predicted molar refractivity (Wildman–Crippen MR) is 115 cm³/mol. The SMILES string of the molecule is C=C(C=C(/C=C\C)CCC)CC(NC(=O)CNC)C(=O)NC(CCC)C(C)=O. The zero-order chi connectivity index (χ0) is 21.5. The first-order chi connectivity index (χ1) is 13.3. The van der Waals surface area contributed by atoms with Gasteiger partial charge in [-0.15, -0.1) is 0 Å². The molecule has 2 atom stereocenters. The average Bonchev–Trinajstić information content (AvgIpc) is 2.61. The second kappa shape index (κ2) is 14.8. The van der Waals surface area contributed by atoms with Crippen molar-refractivity contribution in [2.45, 2.75) is 71.9 Å². The summed E-state index contributed by atoms with van der Waals surface area (Å²) >= 11 is 0. The third kappa shape index (κ3) is 10.8. The van der Waals surface area contributed by atoms with Crippen LogP contribution in [0.15, 0.2) is 36.0 Å². The highest BCUT2D eigenvalue weighted by atomic mass is 16.2. The maximum Gasteiger partial charge on any atom is 0.243 e. The first-order valence-electron chi connectivity index (χ1n) is 10.0. The molecule has 0 aromatic heterocycles. The van der Waals surface area contributed by atoms with Crippen LogP contribution >= 0.6 is 0 Å². The lowest BCUT2D eigenvalue weighted by Gasteiger charge is -2.22. The summed E-state index contributed by atoms with van der Waals surface area (Å²) in [6.07, 6.45) is 9.50. The zero-order valence-electron chi connectivity index (χ0n) is 18.1. The number of likely N-dealkylation sites (N-methyl/N-ethyl adjacent to an activating group) is 1. The Labute approximate surface area is 169 Å². The third-order valence-electron chi connectivity index (χ3n) is 4.15. The van der Waals surface area contributed by atoms with E-state index in [2.05, 4.69) is 29.5 Å². The van der Waals surface area contributed by atoms with Crippen LogP contribution in [0.2, 0.25) is 0 Å². The van der Waals surface area contributed by atoms with Gasteiger partial charge >= 0.3 is 0 Å². The second-order valence-electron chi connectivity index (χ2n) is 6.94. The van der Waals surface area contributed by atoms with Crippen molar-refractivity contribution in [3.05, 3.63) is 36.0 Å². The lowest BCUT2D eigenvalue weighted by molar-refractivity contribution is -0.131. The average molecular weight is 392 g/mol. The second-order valence-corrected chi connectivity index (χ2v) is 6.94. The molecule has 6 heteroatoms. The Kier molecular flexibility index (Phi) is 13.6. The molecule has 2 amide bonds. The summed E-state index contributed by atoms with van der Waals surface area (Å²) in [7, 11) is 1.66. The number of nitrogens with one attached hydrogen (secondary N) is 3. The molecule has 0 bridgehead atoms. The molecule has 28 heavy (non-hydrogen) atoms. The molecule has 0 aliphatic heterocycles. The van der Waals surface area contributed by atoms with E-state index in [1.54, 1.807) is 7.05 Å². The van der Waals surface area contributed by atoms with Crippen molar-refractivity contribution in [1.82, 2.24) is 16.0 Å². The van der Waals surface area contributed by atoms with Crippen LogP contribution in [0.25, 0.3) is 0 Å². The van der Waals surface area contributed by atoms with Crippen LogP contribution in [0.1, 0.15) is 59.8 Å². The third-order valence-corrected chi connectivity index (χ3v) is 4.15. The van der Waals surface area contributed by atoms with Crippen LogP contribution in [0, 0.1) is 0 Å². The van der Waals surface area contributed by atoms with Crippen LogP contribution in [-0.2, 0) is 14.4 Å². The molecule has 2 unspecified atom stereocenters. The first-order valence-corrected chi connectivity index (χ1v) is 10.0. The summed E-state index contributed by atoms with van der Waals surface area (Å²) in [5.74, 6) is -0.736. The summed E-state index contributed by atoms with van der Waals surface area (Å²) in [4.78, 5) is 36.6. The van der Waals surface area contributed by atoms with Gasteiger partial charge < -0.3 is 16.0 Å². The lowest BCUT2D eigenvalue weighted by Crippen LogP contribution is -2.52. The van der Waals surface area contributed by atoms with Gasteiger partial charge in [-0.3, -0.25) is 14.4 Å². The van der Waals surface area contributed by atoms with Crippen molar-refractivity contribution in [1.29, 1.82) is 0 Å². The van der Waals surface area contributed by atoms with Gasteiger partial charge in [0.05, 0.1) is 12.6 Å². The molecule has 6 nitrogen and oxygen atoms in total. The van der Waals surface area contributed by atoms with E-state index in [9.17, 15) is 14.4 Å². The molecule has 0 heterocycles. The summed E-state index contributed by atoms with van der Waals surface area (Å²) in [5.41, 5.74) is 1.88. The minimum Gasteiger partial charge on any atom is -0.345 e. The maximum absolute atomic E-state index is 12.8. The van der Waals surface area contributed by atoms with E-state index in [4.69, 9.17) is 0 Å². The Morgan fingerprint density at radius 2 is 1.75 bits per heavy atom. The summed E-state index contributed by atoms with van der Waals surface area (Å²) in [6, 6.07) is -1.32. The molecule has 0 radical (unpaired) electrons. The molecular formula is C22H37N3O3. The molecule has 0 aliphatic rings. The van der Waals surface area contributed by atoms with E-state index in [0.29, 0.717) is 6.42 Å². The van der Waals surface area contributed by atoms with Gasteiger partial charge in [0, 0.05) is 6.42 Å². The van der Waals surface area contributed by atoms with Gasteiger partial charge in [0.1, 0.15) is 6.04 Å². The topological polar surface area (TPSA) is 87.3 Å². The molecule has 3 N–H and O–H groups in total. The van der Waals surface area contributed by atoms with Crippen LogP contribution in [0.5, 0.6) is 0 Å². The standard InChI is InChI=1S/C22H37N3O3/c1-7-10-18(11-8-2)13-16(4)14-20(24-21(27)15-23-6)22(28)25-19(12-9-3)17(5)26/h7,10,13,19-20,23H,4,8-9,11-12,14-15H2,1-3,5-6H3,(H,24,27)(H,25,28)/b10-7-,18-13?. The van der Waals surface area contributed by atoms with Crippen molar-refractivity contribution < 1.29 is 14.4 Å². The highest BCUT2D eigenvalue weighted by Crippen LogP contribution is 2.14. The number of Topliss-reactive ketones (excluding diaryl/α,β-unsaturated/α-hetero) is 1. The maximum atomic E-state index is 12.8. The van der Waals surface area contributed by atoms with Crippen molar-refractivity contribution in [3.8, 4) is 0 Å². The normalized spacial score (nSPS) is 13.8. The fourth-order valence-corrected chi connectivity index (χ4v) is 2.84. The lowest BCUT2D eigenvalue weighted by atomic mass is 10.0. The van der Waals surface area contributed by atoms with E-state index >= 15 is 0 Å². The zero-order valence-corrected chi connectivity index (χ0v) is 18.1. The highest BCUT2D eigenvalue weighted by Gasteiger charge is 2.25. The number of carbonyl (C=O) groups is 3. The van der Waals surface area contributed by atoms with E-state index in [1.165, 1.54) is 6.92 Å².